The van der Waals surface area contributed by atoms with Crippen LogP contribution in [0.2, 0.25) is 0 Å². The molecule has 2 aromatic carbocycles. The molecule has 27 heavy (non-hydrogen) atoms. The Morgan fingerprint density at radius 3 is 2.26 bits per heavy atom. The number of rotatable bonds is 5. The summed E-state index contributed by atoms with van der Waals surface area (Å²) in [5.41, 5.74) is 5.05. The second-order valence-corrected chi connectivity index (χ2v) is 5.79. The third kappa shape index (κ3) is 4.81. The number of carbonyl (C=O) groups is 3. The van der Waals surface area contributed by atoms with E-state index >= 15 is 0 Å². The third-order valence-electron chi connectivity index (χ3n) is 3.87. The number of Topliss-reactive ketones (excluding diaryl/α,β-unsaturated/α-hetero) is 1. The molecule has 0 unspecified atom stereocenters. The molecule has 2 amide bonds. The molecule has 2 aromatic rings. The number of amides is 2. The maximum absolute atomic E-state index is 12.8. The van der Waals surface area contributed by atoms with E-state index in [4.69, 9.17) is 9.47 Å². The molecule has 7 nitrogen and oxygen atoms in total. The maximum Gasteiger partial charge on any atom is 0.269 e. The van der Waals surface area contributed by atoms with Crippen molar-refractivity contribution in [2.24, 2.45) is 0 Å². The number of fused-ring (bicyclic) bond motifs is 1. The summed E-state index contributed by atoms with van der Waals surface area (Å²) in [6.07, 6.45) is -0.130. The van der Waals surface area contributed by atoms with Gasteiger partial charge in [-0.15, -0.1) is 0 Å². The zero-order valence-electron chi connectivity index (χ0n) is 14.3. The molecule has 140 valence electrons. The van der Waals surface area contributed by atoms with Gasteiger partial charge in [0.2, 0.25) is 5.91 Å². The summed E-state index contributed by atoms with van der Waals surface area (Å²) >= 11 is 0. The molecular formula is C19H17FN2O5. The van der Waals surface area contributed by atoms with E-state index in [1.54, 1.807) is 18.2 Å². The van der Waals surface area contributed by atoms with Crippen molar-refractivity contribution in [1.29, 1.82) is 0 Å². The minimum absolute atomic E-state index is 0.0299. The van der Waals surface area contributed by atoms with Crippen molar-refractivity contribution in [3.8, 4) is 11.5 Å². The fraction of sp³-hybridized carbons (Fsp3) is 0.211. The lowest BCUT2D eigenvalue weighted by Crippen LogP contribution is -2.41. The SMILES string of the molecule is O=C(CCC(=O)c1ccc2c(c1)OCCO2)NNC(=O)c1ccc(F)cc1. The number of ether oxygens (including phenoxy) is 2. The number of hydrazine groups is 1. The highest BCUT2D eigenvalue weighted by Gasteiger charge is 2.16. The minimum Gasteiger partial charge on any atom is -0.486 e. The van der Waals surface area contributed by atoms with Crippen molar-refractivity contribution in [3.63, 3.8) is 0 Å². The smallest absolute Gasteiger partial charge is 0.269 e. The summed E-state index contributed by atoms with van der Waals surface area (Å²) in [7, 11) is 0. The van der Waals surface area contributed by atoms with Crippen LogP contribution in [0, 0.1) is 5.82 Å². The molecule has 0 spiro atoms. The van der Waals surface area contributed by atoms with Crippen molar-refractivity contribution < 1.29 is 28.2 Å². The first-order valence-corrected chi connectivity index (χ1v) is 8.30. The molecule has 2 N–H and O–H groups in total. The van der Waals surface area contributed by atoms with Crippen LogP contribution >= 0.6 is 0 Å². The van der Waals surface area contributed by atoms with Gasteiger partial charge in [0.25, 0.3) is 5.91 Å². The molecule has 0 atom stereocenters. The third-order valence-corrected chi connectivity index (χ3v) is 3.87. The van der Waals surface area contributed by atoms with Crippen LogP contribution in [0.4, 0.5) is 4.39 Å². The van der Waals surface area contributed by atoms with Crippen LogP contribution in [0.15, 0.2) is 42.5 Å². The van der Waals surface area contributed by atoms with E-state index in [1.165, 1.54) is 12.1 Å². The van der Waals surface area contributed by atoms with Gasteiger partial charge in [-0.3, -0.25) is 25.2 Å². The molecule has 1 aliphatic rings. The van der Waals surface area contributed by atoms with Crippen LogP contribution in [0.25, 0.3) is 0 Å². The number of carbonyl (C=O) groups excluding carboxylic acids is 3. The van der Waals surface area contributed by atoms with Gasteiger partial charge in [-0.1, -0.05) is 0 Å². The van der Waals surface area contributed by atoms with Crippen molar-refractivity contribution in [2.75, 3.05) is 13.2 Å². The standard InChI is InChI=1S/C19H17FN2O5/c20-14-4-1-12(2-5-14)19(25)22-21-18(24)8-6-15(23)13-3-7-16-17(11-13)27-10-9-26-16/h1-5,7,11H,6,8-10H2,(H,21,24)(H,22,25). The topological polar surface area (TPSA) is 93.7 Å². The molecule has 1 aliphatic heterocycles. The Bertz CT molecular complexity index is 867. The fourth-order valence-corrected chi connectivity index (χ4v) is 2.45. The maximum atomic E-state index is 12.8. The van der Waals surface area contributed by atoms with Gasteiger partial charge in [0, 0.05) is 24.0 Å². The number of hydrogen-bond donors (Lipinski definition) is 2. The molecule has 0 radical (unpaired) electrons. The predicted octanol–water partition coefficient (Wildman–Crippen LogP) is 2.02. The Morgan fingerprint density at radius 2 is 1.52 bits per heavy atom. The highest BCUT2D eigenvalue weighted by molar-refractivity contribution is 5.99. The summed E-state index contributed by atoms with van der Waals surface area (Å²) in [5, 5.41) is 0. The first-order chi connectivity index (χ1) is 13.0. The largest absolute Gasteiger partial charge is 0.486 e. The van der Waals surface area contributed by atoms with E-state index in [2.05, 4.69) is 10.9 Å². The van der Waals surface area contributed by atoms with Crippen molar-refractivity contribution in [2.45, 2.75) is 12.8 Å². The number of hydrogen-bond acceptors (Lipinski definition) is 5. The van der Waals surface area contributed by atoms with Gasteiger partial charge in [-0.2, -0.15) is 0 Å². The van der Waals surface area contributed by atoms with Gasteiger partial charge in [0.1, 0.15) is 19.0 Å². The predicted molar refractivity (Wildman–Crippen MR) is 93.0 cm³/mol. The molecule has 0 saturated carbocycles. The van der Waals surface area contributed by atoms with Crippen LogP contribution < -0.4 is 20.3 Å². The Hall–Kier alpha value is -3.42. The average molecular weight is 372 g/mol. The summed E-state index contributed by atoms with van der Waals surface area (Å²) in [4.78, 5) is 35.9. The second kappa shape index (κ2) is 8.31. The van der Waals surface area contributed by atoms with Gasteiger partial charge in [0.05, 0.1) is 0 Å². The van der Waals surface area contributed by atoms with E-state index in [9.17, 15) is 18.8 Å². The fourth-order valence-electron chi connectivity index (χ4n) is 2.45. The van der Waals surface area contributed by atoms with Crippen LogP contribution in [-0.4, -0.2) is 30.8 Å². The molecule has 0 fully saturated rings. The zero-order valence-corrected chi connectivity index (χ0v) is 14.3. The summed E-state index contributed by atoms with van der Waals surface area (Å²) < 4.78 is 23.6. The lowest BCUT2D eigenvalue weighted by atomic mass is 10.1. The van der Waals surface area contributed by atoms with Crippen molar-refractivity contribution in [3.05, 3.63) is 59.4 Å². The van der Waals surface area contributed by atoms with Crippen LogP contribution in [0.1, 0.15) is 33.6 Å². The van der Waals surface area contributed by atoms with Crippen molar-refractivity contribution >= 4 is 17.6 Å². The van der Waals surface area contributed by atoms with Crippen molar-refractivity contribution in [1.82, 2.24) is 10.9 Å². The molecule has 8 heteroatoms. The highest BCUT2D eigenvalue weighted by atomic mass is 19.1. The first kappa shape index (κ1) is 18.4. The molecule has 0 aliphatic carbocycles. The van der Waals surface area contributed by atoms with E-state index in [0.29, 0.717) is 30.3 Å². The Morgan fingerprint density at radius 1 is 0.852 bits per heavy atom. The summed E-state index contributed by atoms with van der Waals surface area (Å²) in [6, 6.07) is 9.73. The van der Waals surface area contributed by atoms with Crippen LogP contribution in [-0.2, 0) is 4.79 Å². The molecular weight excluding hydrogens is 355 g/mol. The molecule has 0 bridgehead atoms. The van der Waals surface area contributed by atoms with Crippen LogP contribution in [0.3, 0.4) is 0 Å². The number of benzene rings is 2. The average Bonchev–Trinajstić information content (AvgIpc) is 2.70. The lowest BCUT2D eigenvalue weighted by Gasteiger charge is -2.18. The second-order valence-electron chi connectivity index (χ2n) is 5.79. The Labute approximate surface area is 154 Å². The first-order valence-electron chi connectivity index (χ1n) is 8.30. The monoisotopic (exact) mass is 372 g/mol. The van der Waals surface area contributed by atoms with Gasteiger partial charge in [0.15, 0.2) is 17.3 Å². The van der Waals surface area contributed by atoms with Gasteiger partial charge in [-0.05, 0) is 42.5 Å². The van der Waals surface area contributed by atoms with E-state index in [1.807, 2.05) is 0 Å². The van der Waals surface area contributed by atoms with E-state index < -0.39 is 17.6 Å². The normalized spacial score (nSPS) is 12.2. The minimum atomic E-state index is -0.582. The Kier molecular flexibility index (Phi) is 5.65. The quantitative estimate of drug-likeness (QED) is 0.619. The number of halogens is 1. The van der Waals surface area contributed by atoms with E-state index in [0.717, 1.165) is 12.1 Å². The molecule has 1 heterocycles. The zero-order chi connectivity index (χ0) is 19.2. The number of nitrogens with one attached hydrogen (secondary N) is 2. The summed E-state index contributed by atoms with van der Waals surface area (Å²) in [6.45, 7) is 0.880. The molecule has 0 aromatic heterocycles. The number of ketones is 1. The Balaban J connectivity index is 1.46. The highest BCUT2D eigenvalue weighted by Crippen LogP contribution is 2.31. The van der Waals surface area contributed by atoms with Gasteiger partial charge in [-0.25, -0.2) is 4.39 Å². The van der Waals surface area contributed by atoms with Gasteiger partial charge < -0.3 is 9.47 Å². The molecule has 0 saturated heterocycles. The van der Waals surface area contributed by atoms with Gasteiger partial charge >= 0.3 is 0 Å². The molecule has 3 rings (SSSR count). The van der Waals surface area contributed by atoms with E-state index in [-0.39, 0.29) is 24.2 Å². The lowest BCUT2D eigenvalue weighted by molar-refractivity contribution is -0.121. The summed E-state index contributed by atoms with van der Waals surface area (Å²) in [5.74, 6) is -0.708. The van der Waals surface area contributed by atoms with Crippen LogP contribution in [0.5, 0.6) is 11.5 Å².